The molecule has 3 heteroatoms. The molecule has 0 N–H and O–H groups in total. The second-order valence-electron chi connectivity index (χ2n) is 8.05. The van der Waals surface area contributed by atoms with Crippen molar-refractivity contribution >= 4 is 45.0 Å². The minimum absolute atomic E-state index is 0.396. The van der Waals surface area contributed by atoms with Crippen LogP contribution in [0.2, 0.25) is 0 Å². The van der Waals surface area contributed by atoms with E-state index in [1.807, 2.05) is 24.3 Å². The van der Waals surface area contributed by atoms with E-state index in [9.17, 15) is 4.79 Å². The molecule has 0 aromatic heterocycles. The fraction of sp³-hybridized carbons (Fsp3) is 0.250. The van der Waals surface area contributed by atoms with Gasteiger partial charge in [0.15, 0.2) is 0 Å². The van der Waals surface area contributed by atoms with Crippen LogP contribution in [0.15, 0.2) is 104 Å². The van der Waals surface area contributed by atoms with Gasteiger partial charge in [-0.3, -0.25) is 0 Å². The molecule has 0 radical (unpaired) electrons. The molecule has 3 aromatic rings. The number of benzene rings is 3. The quantitative estimate of drug-likeness (QED) is 0.143. The Balaban J connectivity index is 1.99. The third-order valence-corrected chi connectivity index (χ3v) is 11.7. The number of allylic oxidation sites excluding steroid dienone is 1. The molecule has 0 fully saturated rings. The van der Waals surface area contributed by atoms with Crippen molar-refractivity contribution in [3.63, 3.8) is 0 Å². The zero-order valence-corrected chi connectivity index (χ0v) is 20.6. The summed E-state index contributed by atoms with van der Waals surface area (Å²) in [5.41, 5.74) is 0. The summed E-state index contributed by atoms with van der Waals surface area (Å²) in [4.78, 5) is 14.2. The number of halogens is 1. The van der Waals surface area contributed by atoms with Crippen molar-refractivity contribution in [3.05, 3.63) is 104 Å². The summed E-state index contributed by atoms with van der Waals surface area (Å²) in [6, 6.07) is 31.4. The molecule has 0 bridgehead atoms. The van der Waals surface area contributed by atoms with Crippen LogP contribution in [0.5, 0.6) is 0 Å². The van der Waals surface area contributed by atoms with Crippen LogP contribution >= 0.6 is 15.9 Å². The molecule has 1 nitrogen and oxygen atoms in total. The van der Waals surface area contributed by atoms with Gasteiger partial charge in [0.05, 0.1) is 0 Å². The Hall–Kier alpha value is -2.23. The molecule has 1 unspecified atom stereocenters. The van der Waals surface area contributed by atoms with Crippen molar-refractivity contribution in [2.24, 2.45) is 5.92 Å². The maximum absolute atomic E-state index is 14.2. The summed E-state index contributed by atoms with van der Waals surface area (Å²) in [5, 5.41) is 4.88. The zero-order valence-electron chi connectivity index (χ0n) is 18.1. The average Bonchev–Trinajstić information content (AvgIpc) is 2.84. The predicted molar refractivity (Wildman–Crippen MR) is 140 cm³/mol. The first-order chi connectivity index (χ1) is 15.2. The largest absolute Gasteiger partial charge is 0.304 e. The lowest BCUT2D eigenvalue weighted by Crippen LogP contribution is -2.72. The van der Waals surface area contributed by atoms with E-state index in [1.165, 1.54) is 15.6 Å². The Kier molecular flexibility index (Phi) is 9.05. The highest BCUT2D eigenvalue weighted by Crippen LogP contribution is 2.20. The van der Waals surface area contributed by atoms with Crippen molar-refractivity contribution in [1.82, 2.24) is 0 Å². The van der Waals surface area contributed by atoms with E-state index in [1.54, 1.807) is 0 Å². The smallest absolute Gasteiger partial charge is 0.224 e. The molecule has 0 aliphatic carbocycles. The number of carbonyl (C=O) groups is 1. The lowest BCUT2D eigenvalue weighted by Gasteiger charge is -2.32. The third kappa shape index (κ3) is 5.52. The van der Waals surface area contributed by atoms with Gasteiger partial charge < -0.3 is 4.79 Å². The Morgan fingerprint density at radius 2 is 1.26 bits per heavy atom. The van der Waals surface area contributed by atoms with E-state index < -0.39 is 8.07 Å². The molecular formula is C28H31BrOSi. The minimum atomic E-state index is -2.80. The summed E-state index contributed by atoms with van der Waals surface area (Å²) in [7, 11) is -2.80. The molecule has 1 atom stereocenters. The van der Waals surface area contributed by atoms with E-state index in [4.69, 9.17) is 0 Å². The van der Waals surface area contributed by atoms with E-state index in [0.29, 0.717) is 17.7 Å². The first kappa shape index (κ1) is 23.4. The Bertz CT molecular complexity index is 844. The molecule has 0 aliphatic heterocycles. The van der Waals surface area contributed by atoms with Gasteiger partial charge in [-0.05, 0) is 47.2 Å². The molecule has 3 aromatic carbocycles. The maximum atomic E-state index is 14.2. The summed E-state index contributed by atoms with van der Waals surface area (Å²) >= 11 is 3.65. The van der Waals surface area contributed by atoms with Gasteiger partial charge in [0.1, 0.15) is 5.41 Å². The fourth-order valence-corrected chi connectivity index (χ4v) is 9.68. The van der Waals surface area contributed by atoms with Gasteiger partial charge in [-0.2, -0.15) is 0 Å². The summed E-state index contributed by atoms with van der Waals surface area (Å²) < 4.78 is 0. The highest BCUT2D eigenvalue weighted by atomic mass is 79.9. The van der Waals surface area contributed by atoms with Crippen LogP contribution in [-0.2, 0) is 4.79 Å². The SMILES string of the molecule is C=CCCC(CBr)CCCC(=O)[Si](c1ccccc1)(c1ccccc1)c1ccccc1. The van der Waals surface area contributed by atoms with Gasteiger partial charge in [0.25, 0.3) is 0 Å². The Labute approximate surface area is 196 Å². The molecule has 0 spiro atoms. The lowest BCUT2D eigenvalue weighted by atomic mass is 9.99. The van der Waals surface area contributed by atoms with E-state index in [0.717, 1.165) is 31.0 Å². The highest BCUT2D eigenvalue weighted by molar-refractivity contribution is 9.09. The second kappa shape index (κ2) is 12.0. The van der Waals surface area contributed by atoms with Crippen LogP contribution in [0.4, 0.5) is 0 Å². The maximum Gasteiger partial charge on any atom is 0.224 e. The standard InChI is InChI=1S/C28H31BrOSi/c1-2-3-14-24(23-29)15-13-22-28(30)31(25-16-7-4-8-17-25,26-18-9-5-10-19-26)27-20-11-6-12-21-27/h2,4-12,16-21,24H,1,3,13-15,22-23H2. The van der Waals surface area contributed by atoms with Gasteiger partial charge in [0.2, 0.25) is 8.07 Å². The highest BCUT2D eigenvalue weighted by Gasteiger charge is 2.45. The topological polar surface area (TPSA) is 17.1 Å². The monoisotopic (exact) mass is 490 g/mol. The molecule has 0 heterocycles. The molecular weight excluding hydrogens is 460 g/mol. The summed E-state index contributed by atoms with van der Waals surface area (Å²) in [5.74, 6) is 0.590. The molecule has 3 rings (SSSR count). The number of hydrogen-bond donors (Lipinski definition) is 0. The predicted octanol–water partition coefficient (Wildman–Crippen LogP) is 5.41. The first-order valence-electron chi connectivity index (χ1n) is 11.1. The van der Waals surface area contributed by atoms with Crippen LogP contribution in [0.1, 0.15) is 32.1 Å². The molecule has 0 saturated carbocycles. The van der Waals surface area contributed by atoms with E-state index in [2.05, 4.69) is 95.3 Å². The van der Waals surface area contributed by atoms with Gasteiger partial charge in [0, 0.05) is 11.8 Å². The van der Waals surface area contributed by atoms with Gasteiger partial charge >= 0.3 is 0 Å². The summed E-state index contributed by atoms with van der Waals surface area (Å²) in [6.45, 7) is 3.84. The van der Waals surface area contributed by atoms with Crippen LogP contribution in [0.25, 0.3) is 0 Å². The normalized spacial score (nSPS) is 12.3. The van der Waals surface area contributed by atoms with E-state index >= 15 is 0 Å². The minimum Gasteiger partial charge on any atom is -0.304 e. The Morgan fingerprint density at radius 3 is 1.65 bits per heavy atom. The number of alkyl halides is 1. The molecule has 160 valence electrons. The van der Waals surface area contributed by atoms with E-state index in [-0.39, 0.29) is 0 Å². The van der Waals surface area contributed by atoms with Crippen LogP contribution in [0, 0.1) is 5.92 Å². The third-order valence-electron chi connectivity index (χ3n) is 6.05. The van der Waals surface area contributed by atoms with Crippen molar-refractivity contribution in [2.75, 3.05) is 5.33 Å². The number of carbonyl (C=O) groups excluding carboxylic acids is 1. The number of hydrogen-bond acceptors (Lipinski definition) is 1. The van der Waals surface area contributed by atoms with Crippen LogP contribution in [-0.4, -0.2) is 18.8 Å². The molecule has 0 saturated heterocycles. The molecule has 31 heavy (non-hydrogen) atoms. The zero-order chi connectivity index (χ0) is 21.9. The van der Waals surface area contributed by atoms with Crippen LogP contribution in [0.3, 0.4) is 0 Å². The van der Waals surface area contributed by atoms with Crippen molar-refractivity contribution < 1.29 is 4.79 Å². The van der Waals surface area contributed by atoms with Crippen LogP contribution < -0.4 is 15.6 Å². The van der Waals surface area contributed by atoms with Gasteiger partial charge in [-0.25, -0.2) is 0 Å². The van der Waals surface area contributed by atoms with Crippen molar-refractivity contribution in [3.8, 4) is 0 Å². The molecule has 0 aliphatic rings. The average molecular weight is 492 g/mol. The number of rotatable bonds is 12. The Morgan fingerprint density at radius 1 is 0.806 bits per heavy atom. The summed E-state index contributed by atoms with van der Waals surface area (Å²) in [6.07, 6.45) is 6.74. The fourth-order valence-electron chi connectivity index (χ4n) is 4.44. The van der Waals surface area contributed by atoms with Gasteiger partial charge in [-0.1, -0.05) is 113 Å². The molecule has 0 amide bonds. The lowest BCUT2D eigenvalue weighted by molar-refractivity contribution is -0.112. The first-order valence-corrected chi connectivity index (χ1v) is 14.2. The van der Waals surface area contributed by atoms with Gasteiger partial charge in [-0.15, -0.1) is 6.58 Å². The second-order valence-corrected chi connectivity index (χ2v) is 12.5. The van der Waals surface area contributed by atoms with Crippen molar-refractivity contribution in [1.29, 1.82) is 0 Å². The van der Waals surface area contributed by atoms with Crippen molar-refractivity contribution in [2.45, 2.75) is 32.1 Å².